The van der Waals surface area contributed by atoms with Gasteiger partial charge in [0.15, 0.2) is 0 Å². The van der Waals surface area contributed by atoms with Gasteiger partial charge in [-0.1, -0.05) is 29.3 Å². The van der Waals surface area contributed by atoms with Crippen LogP contribution in [-0.4, -0.2) is 9.67 Å². The Morgan fingerprint density at radius 1 is 1.16 bits per heavy atom. The van der Waals surface area contributed by atoms with Crippen molar-refractivity contribution in [2.45, 2.75) is 20.1 Å². The smallest absolute Gasteiger partial charge is 0.256 e. The highest BCUT2D eigenvalue weighted by atomic mass is 35.5. The van der Waals surface area contributed by atoms with Crippen molar-refractivity contribution in [2.24, 2.45) is 0 Å². The number of aliphatic hydroxyl groups is 1. The third-order valence-electron chi connectivity index (χ3n) is 2.95. The van der Waals surface area contributed by atoms with E-state index in [2.05, 4.69) is 0 Å². The third-order valence-corrected chi connectivity index (χ3v) is 3.69. The van der Waals surface area contributed by atoms with Crippen LogP contribution in [0.3, 0.4) is 0 Å². The summed E-state index contributed by atoms with van der Waals surface area (Å²) in [5.74, 6) is 0. The summed E-state index contributed by atoms with van der Waals surface area (Å²) in [4.78, 5) is 12.1. The van der Waals surface area contributed by atoms with Crippen molar-refractivity contribution < 1.29 is 5.11 Å². The van der Waals surface area contributed by atoms with E-state index in [-0.39, 0.29) is 12.2 Å². The number of hydrogen-bond donors (Lipinski definition) is 1. The minimum absolute atomic E-state index is 0.187. The second kappa shape index (κ2) is 5.78. The minimum atomic E-state index is -0.263. The van der Waals surface area contributed by atoms with Crippen LogP contribution in [0.1, 0.15) is 12.5 Å². The van der Waals surface area contributed by atoms with Gasteiger partial charge in [0.2, 0.25) is 0 Å². The quantitative estimate of drug-likeness (QED) is 0.944. The molecule has 0 aliphatic heterocycles. The van der Waals surface area contributed by atoms with Crippen LogP contribution in [0.25, 0.3) is 11.3 Å². The zero-order valence-electron chi connectivity index (χ0n) is 10.4. The number of aromatic nitrogens is 1. The van der Waals surface area contributed by atoms with Gasteiger partial charge in [0.25, 0.3) is 5.56 Å². The van der Waals surface area contributed by atoms with Crippen molar-refractivity contribution in [1.29, 1.82) is 0 Å². The highest BCUT2D eigenvalue weighted by molar-refractivity contribution is 6.42. The summed E-state index contributed by atoms with van der Waals surface area (Å²) in [5.41, 5.74) is 1.76. The highest BCUT2D eigenvalue weighted by Crippen LogP contribution is 2.28. The monoisotopic (exact) mass is 297 g/mol. The van der Waals surface area contributed by atoms with Gasteiger partial charge in [-0.15, -0.1) is 0 Å². The second-order valence-electron chi connectivity index (χ2n) is 4.08. The molecule has 0 aliphatic rings. The van der Waals surface area contributed by atoms with Gasteiger partial charge in [-0.2, -0.15) is 0 Å². The molecular formula is C14H13Cl2NO2. The lowest BCUT2D eigenvalue weighted by Gasteiger charge is -2.13. The van der Waals surface area contributed by atoms with E-state index in [0.717, 1.165) is 11.3 Å². The lowest BCUT2D eigenvalue weighted by Crippen LogP contribution is -2.24. The maximum Gasteiger partial charge on any atom is 0.256 e. The molecule has 19 heavy (non-hydrogen) atoms. The maximum atomic E-state index is 12.1. The van der Waals surface area contributed by atoms with E-state index >= 15 is 0 Å². The highest BCUT2D eigenvalue weighted by Gasteiger charge is 2.10. The Bertz CT molecular complexity index is 665. The Labute approximate surface area is 121 Å². The van der Waals surface area contributed by atoms with Gasteiger partial charge < -0.3 is 9.67 Å². The molecule has 0 aliphatic carbocycles. The summed E-state index contributed by atoms with van der Waals surface area (Å²) >= 11 is 11.9. The molecule has 2 rings (SSSR count). The summed E-state index contributed by atoms with van der Waals surface area (Å²) in [6.45, 7) is 2.13. The molecule has 3 nitrogen and oxygen atoms in total. The van der Waals surface area contributed by atoms with Crippen LogP contribution in [0.2, 0.25) is 10.0 Å². The summed E-state index contributed by atoms with van der Waals surface area (Å²) in [6.07, 6.45) is 0. The summed E-state index contributed by atoms with van der Waals surface area (Å²) in [6, 6.07) is 8.67. The van der Waals surface area contributed by atoms with Crippen LogP contribution in [0.5, 0.6) is 0 Å². The molecule has 1 heterocycles. The number of halogens is 2. The van der Waals surface area contributed by atoms with E-state index in [9.17, 15) is 4.79 Å². The molecule has 0 fully saturated rings. The fourth-order valence-electron chi connectivity index (χ4n) is 1.97. The molecule has 0 spiro atoms. The van der Waals surface area contributed by atoms with Gasteiger partial charge >= 0.3 is 0 Å². The molecule has 0 amide bonds. The second-order valence-corrected chi connectivity index (χ2v) is 4.89. The fraction of sp³-hybridized carbons (Fsp3) is 0.214. The normalized spacial score (nSPS) is 10.7. The van der Waals surface area contributed by atoms with Crippen molar-refractivity contribution in [3.63, 3.8) is 0 Å². The van der Waals surface area contributed by atoms with E-state index < -0.39 is 0 Å². The Hall–Kier alpha value is -1.29. The summed E-state index contributed by atoms with van der Waals surface area (Å²) in [7, 11) is 0. The average molecular weight is 298 g/mol. The number of nitrogens with zero attached hydrogens (tertiary/aromatic N) is 1. The van der Waals surface area contributed by atoms with Gasteiger partial charge in [0, 0.05) is 12.1 Å². The van der Waals surface area contributed by atoms with Gasteiger partial charge in [0.05, 0.1) is 22.3 Å². The molecule has 1 aromatic carbocycles. The van der Waals surface area contributed by atoms with Crippen LogP contribution in [0.4, 0.5) is 0 Å². The first kappa shape index (κ1) is 14.1. The molecule has 2 aromatic rings. The fourth-order valence-corrected chi connectivity index (χ4v) is 2.26. The average Bonchev–Trinajstić information content (AvgIpc) is 2.41. The number of pyridine rings is 1. The van der Waals surface area contributed by atoms with Crippen LogP contribution in [0.15, 0.2) is 35.1 Å². The van der Waals surface area contributed by atoms with Crippen molar-refractivity contribution >= 4 is 23.2 Å². The Balaban J connectivity index is 2.65. The molecule has 0 radical (unpaired) electrons. The molecule has 0 atom stereocenters. The van der Waals surface area contributed by atoms with Crippen LogP contribution >= 0.6 is 23.2 Å². The van der Waals surface area contributed by atoms with Gasteiger partial charge in [-0.05, 0) is 36.8 Å². The molecule has 100 valence electrons. The SMILES string of the molecule is CCn1c(-c2ccc(Cl)c(Cl)c2)ccc(CO)c1=O. The predicted molar refractivity (Wildman–Crippen MR) is 77.8 cm³/mol. The van der Waals surface area contributed by atoms with Gasteiger partial charge in [0.1, 0.15) is 0 Å². The third kappa shape index (κ3) is 2.68. The van der Waals surface area contributed by atoms with E-state index in [4.69, 9.17) is 28.3 Å². The molecule has 1 aromatic heterocycles. The van der Waals surface area contributed by atoms with Gasteiger partial charge in [-0.25, -0.2) is 0 Å². The van der Waals surface area contributed by atoms with Gasteiger partial charge in [-0.3, -0.25) is 4.79 Å². The topological polar surface area (TPSA) is 42.2 Å². The molecule has 0 saturated carbocycles. The first-order valence-electron chi connectivity index (χ1n) is 5.87. The lowest BCUT2D eigenvalue weighted by molar-refractivity contribution is 0.279. The number of aliphatic hydroxyl groups excluding tert-OH is 1. The zero-order valence-corrected chi connectivity index (χ0v) is 11.9. The first-order chi connectivity index (χ1) is 9.08. The molecular weight excluding hydrogens is 285 g/mol. The molecule has 0 saturated heterocycles. The van der Waals surface area contributed by atoms with Crippen LogP contribution < -0.4 is 5.56 Å². The van der Waals surface area contributed by atoms with E-state index in [1.165, 1.54) is 0 Å². The van der Waals surface area contributed by atoms with Crippen molar-refractivity contribution in [3.05, 3.63) is 56.3 Å². The predicted octanol–water partition coefficient (Wildman–Crippen LogP) is 3.33. The molecule has 5 heteroatoms. The Morgan fingerprint density at radius 3 is 2.47 bits per heavy atom. The largest absolute Gasteiger partial charge is 0.391 e. The zero-order chi connectivity index (χ0) is 14.0. The van der Waals surface area contributed by atoms with Crippen molar-refractivity contribution in [1.82, 2.24) is 4.57 Å². The Morgan fingerprint density at radius 2 is 1.89 bits per heavy atom. The maximum absolute atomic E-state index is 12.1. The van der Waals surface area contributed by atoms with Crippen LogP contribution in [-0.2, 0) is 13.2 Å². The Kier molecular flexibility index (Phi) is 4.30. The lowest BCUT2D eigenvalue weighted by atomic mass is 10.1. The van der Waals surface area contributed by atoms with E-state index in [1.807, 2.05) is 13.0 Å². The molecule has 0 unspecified atom stereocenters. The summed E-state index contributed by atoms with van der Waals surface area (Å²) < 4.78 is 1.60. The number of hydrogen-bond acceptors (Lipinski definition) is 2. The molecule has 0 bridgehead atoms. The van der Waals surface area contributed by atoms with Crippen LogP contribution in [0, 0.1) is 0 Å². The number of rotatable bonds is 3. The van der Waals surface area contributed by atoms with Crippen molar-refractivity contribution in [2.75, 3.05) is 0 Å². The summed E-state index contributed by atoms with van der Waals surface area (Å²) in [5, 5.41) is 10.0. The van der Waals surface area contributed by atoms with Crippen molar-refractivity contribution in [3.8, 4) is 11.3 Å². The first-order valence-corrected chi connectivity index (χ1v) is 6.63. The van der Waals surface area contributed by atoms with E-state index in [1.54, 1.807) is 28.8 Å². The standard InChI is InChI=1S/C14H13Cl2NO2/c1-2-17-13(6-4-10(8-18)14(17)19)9-3-5-11(15)12(16)7-9/h3-7,18H,2,8H2,1H3. The van der Waals surface area contributed by atoms with E-state index in [0.29, 0.717) is 22.2 Å². The molecule has 1 N–H and O–H groups in total. The minimum Gasteiger partial charge on any atom is -0.391 e. The number of benzene rings is 1.